The van der Waals surface area contributed by atoms with E-state index >= 15 is 0 Å². The summed E-state index contributed by atoms with van der Waals surface area (Å²) in [5.74, 6) is 0.0983. The molecule has 2 atom stereocenters. The molecule has 138 valence electrons. The zero-order valence-corrected chi connectivity index (χ0v) is 15.4. The van der Waals surface area contributed by atoms with E-state index in [1.54, 1.807) is 18.2 Å². The minimum Gasteiger partial charge on any atom is -0.493 e. The molecule has 0 aliphatic carbocycles. The highest BCUT2D eigenvalue weighted by atomic mass is 35.5. The van der Waals surface area contributed by atoms with Crippen LogP contribution in [0.4, 0.5) is 4.39 Å². The number of aliphatic carboxylic acids is 1. The fraction of sp³-hybridized carbons (Fsp3) is 0.278. The van der Waals surface area contributed by atoms with E-state index in [-0.39, 0.29) is 22.6 Å². The van der Waals surface area contributed by atoms with Crippen LogP contribution >= 0.6 is 23.4 Å². The maximum Gasteiger partial charge on any atom is 0.321 e. The Hall–Kier alpha value is -1.96. The van der Waals surface area contributed by atoms with Gasteiger partial charge in [0.05, 0.1) is 17.5 Å². The highest BCUT2D eigenvalue weighted by molar-refractivity contribution is 7.99. The Balaban J connectivity index is 1.79. The highest BCUT2D eigenvalue weighted by Gasteiger charge is 2.30. The van der Waals surface area contributed by atoms with Crippen LogP contribution in [0.1, 0.15) is 16.5 Å². The molecule has 1 heterocycles. The summed E-state index contributed by atoms with van der Waals surface area (Å²) in [5, 5.41) is 12.3. The van der Waals surface area contributed by atoms with Gasteiger partial charge in [0, 0.05) is 11.3 Å². The van der Waals surface area contributed by atoms with Gasteiger partial charge in [-0.25, -0.2) is 4.39 Å². The van der Waals surface area contributed by atoms with Crippen LogP contribution in [0.15, 0.2) is 36.4 Å². The molecule has 1 aliphatic heterocycles. The van der Waals surface area contributed by atoms with Crippen LogP contribution in [0, 0.1) is 5.82 Å². The van der Waals surface area contributed by atoms with Crippen LogP contribution in [0.3, 0.4) is 0 Å². The van der Waals surface area contributed by atoms with Crippen LogP contribution < -0.4 is 14.8 Å². The van der Waals surface area contributed by atoms with Crippen molar-refractivity contribution in [1.82, 2.24) is 5.32 Å². The molecule has 0 amide bonds. The van der Waals surface area contributed by atoms with E-state index in [1.807, 2.05) is 6.07 Å². The lowest BCUT2D eigenvalue weighted by molar-refractivity contribution is -0.138. The summed E-state index contributed by atoms with van der Waals surface area (Å²) in [7, 11) is 1.51. The lowest BCUT2D eigenvalue weighted by atomic mass is 10.1. The molecule has 1 saturated heterocycles. The lowest BCUT2D eigenvalue weighted by Gasteiger charge is -2.16. The van der Waals surface area contributed by atoms with Crippen LogP contribution in [0.5, 0.6) is 11.5 Å². The molecule has 2 aromatic carbocycles. The first kappa shape index (κ1) is 18.8. The number of carboxylic acid groups (broad SMARTS) is 1. The van der Waals surface area contributed by atoms with Crippen LogP contribution in [-0.2, 0) is 11.4 Å². The van der Waals surface area contributed by atoms with Gasteiger partial charge in [-0.3, -0.25) is 10.1 Å². The van der Waals surface area contributed by atoms with Gasteiger partial charge in [-0.1, -0.05) is 23.7 Å². The number of hydrogen-bond donors (Lipinski definition) is 2. The molecule has 26 heavy (non-hydrogen) atoms. The molecule has 8 heteroatoms. The summed E-state index contributed by atoms with van der Waals surface area (Å²) < 4.78 is 25.0. The number of ether oxygens (including phenoxy) is 2. The van der Waals surface area contributed by atoms with E-state index < -0.39 is 17.8 Å². The predicted octanol–water partition coefficient (Wildman–Crippen LogP) is 3.85. The van der Waals surface area contributed by atoms with E-state index in [9.17, 15) is 9.18 Å². The number of hydrogen-bond acceptors (Lipinski definition) is 5. The summed E-state index contributed by atoms with van der Waals surface area (Å²) in [5.41, 5.74) is 1.12. The predicted molar refractivity (Wildman–Crippen MR) is 98.5 cm³/mol. The van der Waals surface area contributed by atoms with Gasteiger partial charge in [0.15, 0.2) is 11.5 Å². The minimum absolute atomic E-state index is 0.0473. The summed E-state index contributed by atoms with van der Waals surface area (Å²) in [6.45, 7) is -0.0473. The molecule has 0 saturated carbocycles. The summed E-state index contributed by atoms with van der Waals surface area (Å²) >= 11 is 7.53. The maximum atomic E-state index is 13.9. The normalized spacial score (nSPS) is 19.3. The molecule has 0 spiro atoms. The molecule has 3 rings (SSSR count). The van der Waals surface area contributed by atoms with Crippen molar-refractivity contribution in [3.63, 3.8) is 0 Å². The van der Waals surface area contributed by atoms with Gasteiger partial charge in [-0.15, -0.1) is 11.8 Å². The summed E-state index contributed by atoms with van der Waals surface area (Å²) in [6.07, 6.45) is 0. The number of carbonyl (C=O) groups is 1. The third-order valence-electron chi connectivity index (χ3n) is 4.00. The van der Waals surface area contributed by atoms with Crippen LogP contribution in [0.25, 0.3) is 0 Å². The Morgan fingerprint density at radius 3 is 2.85 bits per heavy atom. The number of thioether (sulfide) groups is 1. The Kier molecular flexibility index (Phi) is 5.90. The second kappa shape index (κ2) is 8.16. The van der Waals surface area contributed by atoms with Crippen LogP contribution in [-0.4, -0.2) is 30.0 Å². The topological polar surface area (TPSA) is 67.8 Å². The monoisotopic (exact) mass is 397 g/mol. The van der Waals surface area contributed by atoms with Gasteiger partial charge in [-0.2, -0.15) is 0 Å². The molecule has 2 aromatic rings. The van der Waals surface area contributed by atoms with Crippen molar-refractivity contribution in [2.75, 3.05) is 12.9 Å². The number of nitrogens with one attached hydrogen (secondary N) is 1. The van der Waals surface area contributed by atoms with Crippen molar-refractivity contribution in [3.8, 4) is 11.5 Å². The zero-order valence-electron chi connectivity index (χ0n) is 13.9. The number of benzene rings is 2. The summed E-state index contributed by atoms with van der Waals surface area (Å²) in [4.78, 5) is 11.1. The smallest absolute Gasteiger partial charge is 0.321 e. The van der Waals surface area contributed by atoms with Gasteiger partial charge in [0.25, 0.3) is 0 Å². The molecule has 2 unspecified atom stereocenters. The average Bonchev–Trinajstić information content (AvgIpc) is 3.11. The first-order valence-corrected chi connectivity index (χ1v) is 9.26. The molecule has 5 nitrogen and oxygen atoms in total. The van der Waals surface area contributed by atoms with E-state index in [0.29, 0.717) is 17.3 Å². The van der Waals surface area contributed by atoms with Gasteiger partial charge < -0.3 is 14.6 Å². The molecule has 0 radical (unpaired) electrons. The third-order valence-corrected chi connectivity index (χ3v) is 5.63. The number of carboxylic acids is 1. The van der Waals surface area contributed by atoms with Gasteiger partial charge in [0.1, 0.15) is 18.5 Å². The van der Waals surface area contributed by atoms with Crippen molar-refractivity contribution in [1.29, 1.82) is 0 Å². The first-order valence-electron chi connectivity index (χ1n) is 7.83. The van der Waals surface area contributed by atoms with Crippen molar-refractivity contribution >= 4 is 29.3 Å². The quantitative estimate of drug-likeness (QED) is 0.771. The van der Waals surface area contributed by atoms with Crippen molar-refractivity contribution in [3.05, 3.63) is 58.4 Å². The molecular formula is C18H17ClFNO4S. The highest BCUT2D eigenvalue weighted by Crippen LogP contribution is 2.38. The second-order valence-corrected chi connectivity index (χ2v) is 7.22. The SMILES string of the molecule is COc1ccc(C2NC(C(=O)O)CS2)cc1OCc1c(F)cccc1Cl. The number of rotatable bonds is 6. The van der Waals surface area contributed by atoms with Crippen molar-refractivity contribution < 1.29 is 23.8 Å². The van der Waals surface area contributed by atoms with Crippen molar-refractivity contribution in [2.45, 2.75) is 18.0 Å². The lowest BCUT2D eigenvalue weighted by Crippen LogP contribution is -2.33. The Morgan fingerprint density at radius 1 is 1.38 bits per heavy atom. The molecule has 1 fully saturated rings. The minimum atomic E-state index is -0.876. The number of methoxy groups -OCH3 is 1. The fourth-order valence-corrected chi connectivity index (χ4v) is 4.04. The number of halogens is 2. The maximum absolute atomic E-state index is 13.9. The third kappa shape index (κ3) is 4.06. The zero-order chi connectivity index (χ0) is 18.7. The Bertz CT molecular complexity index is 800. The van der Waals surface area contributed by atoms with E-state index in [4.69, 9.17) is 26.2 Å². The fourth-order valence-electron chi connectivity index (χ4n) is 2.60. The van der Waals surface area contributed by atoms with Crippen LogP contribution in [0.2, 0.25) is 5.02 Å². The van der Waals surface area contributed by atoms with Gasteiger partial charge in [-0.05, 0) is 29.8 Å². The Labute approximate surface area is 159 Å². The van der Waals surface area contributed by atoms with E-state index in [0.717, 1.165) is 5.56 Å². The molecule has 1 aliphatic rings. The van der Waals surface area contributed by atoms with Crippen molar-refractivity contribution in [2.24, 2.45) is 0 Å². The average molecular weight is 398 g/mol. The van der Waals surface area contributed by atoms with E-state index in [2.05, 4.69) is 5.32 Å². The molecule has 0 bridgehead atoms. The molecule has 0 aromatic heterocycles. The molecular weight excluding hydrogens is 381 g/mol. The van der Waals surface area contributed by atoms with Gasteiger partial charge >= 0.3 is 5.97 Å². The summed E-state index contributed by atoms with van der Waals surface area (Å²) in [6, 6.07) is 9.22. The molecule has 2 N–H and O–H groups in total. The Morgan fingerprint density at radius 2 is 2.19 bits per heavy atom. The van der Waals surface area contributed by atoms with E-state index in [1.165, 1.54) is 31.0 Å². The first-order chi connectivity index (χ1) is 12.5. The largest absolute Gasteiger partial charge is 0.493 e. The van der Waals surface area contributed by atoms with Gasteiger partial charge in [0.2, 0.25) is 0 Å². The standard InChI is InChI=1S/C18H17ClFNO4S/c1-24-15-6-5-10(17-21-14(9-26-17)18(22)23)7-16(15)25-8-11-12(19)3-2-4-13(11)20/h2-7,14,17,21H,8-9H2,1H3,(H,22,23). The second-order valence-electron chi connectivity index (χ2n) is 5.67.